The minimum Gasteiger partial charge on any atom is -0.322 e. The van der Waals surface area contributed by atoms with E-state index < -0.39 is 0 Å². The average molecular weight is 341 g/mol. The molecular weight excluding hydrogens is 322 g/mol. The Labute approximate surface area is 152 Å². The molecule has 5 heteroatoms. The molecule has 4 aromatic rings. The van der Waals surface area contributed by atoms with E-state index in [1.807, 2.05) is 82.4 Å². The largest absolute Gasteiger partial charge is 0.322 e. The molecule has 0 bridgehead atoms. The number of rotatable bonds is 5. The number of benzene rings is 1. The lowest BCUT2D eigenvalue weighted by Gasteiger charge is -2.14. The Morgan fingerprint density at radius 1 is 1.04 bits per heavy atom. The first kappa shape index (κ1) is 16.1. The Hall–Kier alpha value is -3.36. The van der Waals surface area contributed by atoms with Crippen LogP contribution in [0.15, 0.2) is 73.3 Å². The van der Waals surface area contributed by atoms with Crippen molar-refractivity contribution in [2.24, 2.45) is 0 Å². The van der Waals surface area contributed by atoms with E-state index in [0.29, 0.717) is 6.54 Å². The molecule has 0 aliphatic rings. The highest BCUT2D eigenvalue weighted by molar-refractivity contribution is 5.65. The van der Waals surface area contributed by atoms with E-state index >= 15 is 0 Å². The molecule has 0 saturated carbocycles. The molecular formula is C21H19N5. The van der Waals surface area contributed by atoms with Gasteiger partial charge < -0.3 is 4.40 Å². The summed E-state index contributed by atoms with van der Waals surface area (Å²) in [5.41, 5.74) is 4.93. The summed E-state index contributed by atoms with van der Waals surface area (Å²) in [6, 6.07) is 18.3. The molecule has 0 saturated heterocycles. The van der Waals surface area contributed by atoms with E-state index in [-0.39, 0.29) is 0 Å². The zero-order valence-electron chi connectivity index (χ0n) is 14.6. The lowest BCUT2D eigenvalue weighted by molar-refractivity contribution is 0.319. The van der Waals surface area contributed by atoms with Crippen molar-refractivity contribution >= 4 is 5.52 Å². The van der Waals surface area contributed by atoms with E-state index in [1.54, 1.807) is 0 Å². The summed E-state index contributed by atoms with van der Waals surface area (Å²) >= 11 is 0. The van der Waals surface area contributed by atoms with Crippen molar-refractivity contribution in [3.63, 3.8) is 0 Å². The van der Waals surface area contributed by atoms with Gasteiger partial charge in [0, 0.05) is 42.8 Å². The van der Waals surface area contributed by atoms with Crippen LogP contribution in [-0.4, -0.2) is 26.1 Å². The smallest absolute Gasteiger partial charge is 0.102 e. The van der Waals surface area contributed by atoms with Gasteiger partial charge in [0.2, 0.25) is 0 Å². The molecule has 0 N–H and O–H groups in total. The zero-order valence-corrected chi connectivity index (χ0v) is 14.6. The third kappa shape index (κ3) is 3.10. The second-order valence-electron chi connectivity index (χ2n) is 6.44. The summed E-state index contributed by atoms with van der Waals surface area (Å²) in [7, 11) is 2.06. The highest BCUT2D eigenvalue weighted by atomic mass is 15.3. The number of hydrogen-bond donors (Lipinski definition) is 0. The van der Waals surface area contributed by atoms with Crippen LogP contribution in [0, 0.1) is 11.3 Å². The van der Waals surface area contributed by atoms with Gasteiger partial charge in [-0.1, -0.05) is 24.3 Å². The maximum Gasteiger partial charge on any atom is 0.102 e. The molecule has 0 unspecified atom stereocenters. The summed E-state index contributed by atoms with van der Waals surface area (Å²) in [4.78, 5) is 2.20. The quantitative estimate of drug-likeness (QED) is 0.557. The summed E-state index contributed by atoms with van der Waals surface area (Å²) in [6.07, 6.45) is 7.96. The molecule has 1 aromatic carbocycles. The Morgan fingerprint density at radius 2 is 1.85 bits per heavy atom. The summed E-state index contributed by atoms with van der Waals surface area (Å²) in [5.74, 6) is 0. The predicted octanol–water partition coefficient (Wildman–Crippen LogP) is 3.63. The first-order chi connectivity index (χ1) is 12.7. The van der Waals surface area contributed by atoms with E-state index in [1.165, 1.54) is 0 Å². The fraction of sp³-hybridized carbons (Fsp3) is 0.143. The normalized spacial score (nSPS) is 11.1. The van der Waals surface area contributed by atoms with Crippen molar-refractivity contribution in [3.8, 4) is 11.8 Å². The van der Waals surface area contributed by atoms with Crippen LogP contribution >= 0.6 is 0 Å². The van der Waals surface area contributed by atoms with Crippen LogP contribution in [0.4, 0.5) is 0 Å². The fourth-order valence-corrected chi connectivity index (χ4v) is 3.25. The topological polar surface area (TPSA) is 49.3 Å². The SMILES string of the molecule is CN(Cc1cnn(-c2ccccc2)c1)Cc1cn2ccccc2c1C#N. The van der Waals surface area contributed by atoms with Gasteiger partial charge in [-0.15, -0.1) is 0 Å². The van der Waals surface area contributed by atoms with Gasteiger partial charge in [0.05, 0.1) is 23.0 Å². The van der Waals surface area contributed by atoms with Crippen molar-refractivity contribution in [1.82, 2.24) is 19.1 Å². The predicted molar refractivity (Wildman–Crippen MR) is 101 cm³/mol. The lowest BCUT2D eigenvalue weighted by atomic mass is 10.1. The number of nitrogens with zero attached hydrogens (tertiary/aromatic N) is 5. The third-order valence-corrected chi connectivity index (χ3v) is 4.42. The van der Waals surface area contributed by atoms with E-state index in [4.69, 9.17) is 0 Å². The van der Waals surface area contributed by atoms with Gasteiger partial charge >= 0.3 is 0 Å². The Morgan fingerprint density at radius 3 is 2.65 bits per heavy atom. The molecule has 0 atom stereocenters. The molecule has 0 spiro atoms. The second-order valence-corrected chi connectivity index (χ2v) is 6.44. The maximum absolute atomic E-state index is 9.54. The average Bonchev–Trinajstić information content (AvgIpc) is 3.26. The Kier molecular flexibility index (Phi) is 4.26. The molecule has 0 fully saturated rings. The molecule has 3 heterocycles. The fourth-order valence-electron chi connectivity index (χ4n) is 3.25. The van der Waals surface area contributed by atoms with Crippen LogP contribution in [0.2, 0.25) is 0 Å². The number of aromatic nitrogens is 3. The number of para-hydroxylation sites is 1. The summed E-state index contributed by atoms with van der Waals surface area (Å²) in [5, 5.41) is 14.0. The van der Waals surface area contributed by atoms with Crippen LogP contribution in [0.25, 0.3) is 11.2 Å². The van der Waals surface area contributed by atoms with Crippen molar-refractivity contribution in [1.29, 1.82) is 5.26 Å². The van der Waals surface area contributed by atoms with Crippen LogP contribution in [0.5, 0.6) is 0 Å². The van der Waals surface area contributed by atoms with Crippen LogP contribution in [-0.2, 0) is 13.1 Å². The third-order valence-electron chi connectivity index (χ3n) is 4.42. The minimum absolute atomic E-state index is 0.709. The molecule has 3 aromatic heterocycles. The molecule has 128 valence electrons. The van der Waals surface area contributed by atoms with Gasteiger partial charge in [0.1, 0.15) is 6.07 Å². The monoisotopic (exact) mass is 341 g/mol. The standard InChI is InChI=1S/C21H19N5/c1-24(13-17-12-23-26(14-17)19-7-3-2-4-8-19)15-18-16-25-10-6-5-9-21(25)20(18)11-22/h2-10,12,14,16H,13,15H2,1H3. The summed E-state index contributed by atoms with van der Waals surface area (Å²) in [6.45, 7) is 1.48. The van der Waals surface area contributed by atoms with Gasteiger partial charge in [-0.2, -0.15) is 10.4 Å². The number of pyridine rings is 1. The Balaban J connectivity index is 1.51. The molecule has 0 aliphatic heterocycles. The van der Waals surface area contributed by atoms with Crippen molar-refractivity contribution in [2.45, 2.75) is 13.1 Å². The molecule has 0 amide bonds. The van der Waals surface area contributed by atoms with E-state index in [2.05, 4.69) is 23.1 Å². The van der Waals surface area contributed by atoms with Crippen molar-refractivity contribution in [2.75, 3.05) is 7.05 Å². The van der Waals surface area contributed by atoms with Crippen LogP contribution in [0.1, 0.15) is 16.7 Å². The van der Waals surface area contributed by atoms with Gasteiger partial charge in [0.15, 0.2) is 0 Å². The highest BCUT2D eigenvalue weighted by Crippen LogP contribution is 2.20. The van der Waals surface area contributed by atoms with Gasteiger partial charge in [0.25, 0.3) is 0 Å². The van der Waals surface area contributed by atoms with Gasteiger partial charge in [-0.3, -0.25) is 4.90 Å². The molecule has 0 radical (unpaired) electrons. The number of hydrogen-bond acceptors (Lipinski definition) is 3. The lowest BCUT2D eigenvalue weighted by Crippen LogP contribution is -2.17. The minimum atomic E-state index is 0.709. The zero-order chi connectivity index (χ0) is 17.9. The molecule has 4 rings (SSSR count). The Bertz CT molecular complexity index is 1070. The molecule has 0 aliphatic carbocycles. The van der Waals surface area contributed by atoms with Crippen LogP contribution in [0.3, 0.4) is 0 Å². The van der Waals surface area contributed by atoms with Gasteiger partial charge in [-0.05, 0) is 31.3 Å². The molecule has 5 nitrogen and oxygen atoms in total. The number of nitriles is 1. The van der Waals surface area contributed by atoms with Crippen LogP contribution < -0.4 is 0 Å². The maximum atomic E-state index is 9.54. The summed E-state index contributed by atoms with van der Waals surface area (Å²) < 4.78 is 3.89. The van der Waals surface area contributed by atoms with Crippen molar-refractivity contribution < 1.29 is 0 Å². The first-order valence-corrected chi connectivity index (χ1v) is 8.51. The number of fused-ring (bicyclic) bond motifs is 1. The second kappa shape index (κ2) is 6.87. The highest BCUT2D eigenvalue weighted by Gasteiger charge is 2.12. The van der Waals surface area contributed by atoms with Crippen molar-refractivity contribution in [3.05, 3.63) is 90.0 Å². The molecule has 26 heavy (non-hydrogen) atoms. The van der Waals surface area contributed by atoms with Gasteiger partial charge in [-0.25, -0.2) is 4.68 Å². The first-order valence-electron chi connectivity index (χ1n) is 8.51. The van der Waals surface area contributed by atoms with E-state index in [0.717, 1.165) is 34.4 Å². The van der Waals surface area contributed by atoms with E-state index in [9.17, 15) is 5.26 Å².